The minimum absolute atomic E-state index is 0.0941. The molecular formula is C10H7F5N4O. The quantitative estimate of drug-likeness (QED) is 0.865. The Morgan fingerprint density at radius 1 is 1.35 bits per heavy atom. The summed E-state index contributed by atoms with van der Waals surface area (Å²) in [5.41, 5.74) is -3.35. The lowest BCUT2D eigenvalue weighted by molar-refractivity contribution is -0.142. The van der Waals surface area contributed by atoms with Crippen LogP contribution in [0.3, 0.4) is 0 Å². The van der Waals surface area contributed by atoms with Crippen molar-refractivity contribution in [1.29, 1.82) is 0 Å². The molecular weight excluding hydrogens is 287 g/mol. The van der Waals surface area contributed by atoms with Crippen molar-refractivity contribution >= 4 is 0 Å². The molecule has 0 saturated heterocycles. The Balaban J connectivity index is 2.54. The number of nitrogens with zero attached hydrogens (tertiary/aromatic N) is 3. The van der Waals surface area contributed by atoms with E-state index in [2.05, 4.69) is 10.2 Å². The first-order valence-electron chi connectivity index (χ1n) is 5.21. The standard InChI is InChI=1S/C10H7F5N4O/c1-4-7(20)6(17-18-8(4)10(13,14)15)5-2-16-19(3-5)9(11)12/h2-3,9H,1H3,(H,18,20). The van der Waals surface area contributed by atoms with Crippen LogP contribution in [0.1, 0.15) is 17.8 Å². The van der Waals surface area contributed by atoms with Crippen LogP contribution in [0.4, 0.5) is 22.0 Å². The van der Waals surface area contributed by atoms with Crippen LogP contribution in [0, 0.1) is 6.92 Å². The Morgan fingerprint density at radius 2 is 2.00 bits per heavy atom. The number of alkyl halides is 5. The largest absolute Gasteiger partial charge is 0.433 e. The number of aromatic nitrogens is 4. The van der Waals surface area contributed by atoms with Gasteiger partial charge in [-0.2, -0.15) is 32.1 Å². The maximum absolute atomic E-state index is 12.5. The number of aromatic amines is 1. The summed E-state index contributed by atoms with van der Waals surface area (Å²) < 4.78 is 62.6. The third-order valence-electron chi connectivity index (χ3n) is 2.57. The van der Waals surface area contributed by atoms with E-state index in [1.54, 1.807) is 5.10 Å². The molecule has 2 rings (SSSR count). The first-order valence-corrected chi connectivity index (χ1v) is 5.21. The van der Waals surface area contributed by atoms with Gasteiger partial charge in [-0.15, -0.1) is 0 Å². The number of hydrogen-bond donors (Lipinski definition) is 1. The normalized spacial score (nSPS) is 12.2. The first-order chi connectivity index (χ1) is 9.21. The summed E-state index contributed by atoms with van der Waals surface area (Å²) in [5, 5.41) is 8.30. The number of nitrogens with one attached hydrogen (secondary N) is 1. The number of H-pyrrole nitrogens is 1. The van der Waals surface area contributed by atoms with E-state index >= 15 is 0 Å². The van der Waals surface area contributed by atoms with E-state index in [1.807, 2.05) is 0 Å². The van der Waals surface area contributed by atoms with Gasteiger partial charge in [0.25, 0.3) is 0 Å². The van der Waals surface area contributed by atoms with Gasteiger partial charge in [0.1, 0.15) is 11.4 Å². The summed E-state index contributed by atoms with van der Waals surface area (Å²) in [4.78, 5) is 11.8. The zero-order valence-corrected chi connectivity index (χ0v) is 9.87. The minimum Gasteiger partial charge on any atom is -0.287 e. The van der Waals surface area contributed by atoms with Crippen molar-refractivity contribution in [1.82, 2.24) is 20.0 Å². The van der Waals surface area contributed by atoms with Crippen LogP contribution in [0.2, 0.25) is 0 Å². The van der Waals surface area contributed by atoms with Gasteiger partial charge >= 0.3 is 12.7 Å². The highest BCUT2D eigenvalue weighted by Crippen LogP contribution is 2.29. The van der Waals surface area contributed by atoms with Crippen LogP contribution in [-0.2, 0) is 6.18 Å². The Kier molecular flexibility index (Phi) is 3.32. The number of halogens is 5. The molecule has 0 amide bonds. The molecule has 10 heteroatoms. The van der Waals surface area contributed by atoms with Crippen LogP contribution in [0.25, 0.3) is 11.3 Å². The Hall–Kier alpha value is -2.26. The van der Waals surface area contributed by atoms with Crippen molar-refractivity contribution in [3.05, 3.63) is 33.9 Å². The maximum atomic E-state index is 12.5. The number of hydrogen-bond acceptors (Lipinski definition) is 3. The van der Waals surface area contributed by atoms with E-state index in [0.29, 0.717) is 0 Å². The lowest BCUT2D eigenvalue weighted by Gasteiger charge is -2.09. The second-order valence-electron chi connectivity index (χ2n) is 3.89. The maximum Gasteiger partial charge on any atom is 0.433 e. The van der Waals surface area contributed by atoms with Crippen LogP contribution in [0.5, 0.6) is 0 Å². The molecule has 0 aliphatic rings. The predicted octanol–water partition coefficient (Wildman–Crippen LogP) is 2.36. The lowest BCUT2D eigenvalue weighted by atomic mass is 10.1. The SMILES string of the molecule is Cc1c(C(F)(F)F)[nH]nc(-c2cnn(C(F)F)c2)c1=O. The van der Waals surface area contributed by atoms with Crippen molar-refractivity contribution in [2.75, 3.05) is 0 Å². The molecule has 108 valence electrons. The van der Waals surface area contributed by atoms with Gasteiger partial charge in [0.15, 0.2) is 0 Å². The molecule has 0 fully saturated rings. The van der Waals surface area contributed by atoms with Crippen LogP contribution in [0.15, 0.2) is 17.2 Å². The number of rotatable bonds is 2. The monoisotopic (exact) mass is 294 g/mol. The third kappa shape index (κ3) is 2.40. The Labute approximate surface area is 108 Å². The summed E-state index contributed by atoms with van der Waals surface area (Å²) in [5.74, 6) is 0. The minimum atomic E-state index is -4.75. The van der Waals surface area contributed by atoms with Crippen LogP contribution < -0.4 is 5.43 Å². The van der Waals surface area contributed by atoms with Crippen LogP contribution >= 0.6 is 0 Å². The molecule has 0 bridgehead atoms. The van der Waals surface area contributed by atoms with Gasteiger partial charge in [-0.1, -0.05) is 0 Å². The zero-order valence-electron chi connectivity index (χ0n) is 9.87. The van der Waals surface area contributed by atoms with Crippen molar-refractivity contribution < 1.29 is 22.0 Å². The fourth-order valence-corrected chi connectivity index (χ4v) is 1.58. The third-order valence-corrected chi connectivity index (χ3v) is 2.57. The molecule has 0 radical (unpaired) electrons. The molecule has 1 N–H and O–H groups in total. The van der Waals surface area contributed by atoms with Gasteiger partial charge in [0, 0.05) is 17.3 Å². The molecule has 5 nitrogen and oxygen atoms in total. The Bertz CT molecular complexity index is 688. The molecule has 2 aromatic rings. The highest BCUT2D eigenvalue weighted by Gasteiger charge is 2.35. The summed E-state index contributed by atoms with van der Waals surface area (Å²) in [6, 6.07) is 0. The van der Waals surface area contributed by atoms with Crippen LogP contribution in [-0.4, -0.2) is 20.0 Å². The summed E-state index contributed by atoms with van der Waals surface area (Å²) >= 11 is 0. The highest BCUT2D eigenvalue weighted by molar-refractivity contribution is 5.57. The average molecular weight is 294 g/mol. The van der Waals surface area contributed by atoms with E-state index in [-0.39, 0.29) is 10.2 Å². The van der Waals surface area contributed by atoms with Crippen molar-refractivity contribution in [3.63, 3.8) is 0 Å². The molecule has 0 aliphatic heterocycles. The summed E-state index contributed by atoms with van der Waals surface area (Å²) in [6.07, 6.45) is -2.99. The topological polar surface area (TPSA) is 63.6 Å². The Morgan fingerprint density at radius 3 is 2.50 bits per heavy atom. The van der Waals surface area contributed by atoms with Crippen molar-refractivity contribution in [3.8, 4) is 11.3 Å². The predicted molar refractivity (Wildman–Crippen MR) is 57.1 cm³/mol. The van der Waals surface area contributed by atoms with Gasteiger partial charge in [0.2, 0.25) is 5.43 Å². The van der Waals surface area contributed by atoms with Gasteiger partial charge in [0.05, 0.1) is 6.20 Å². The smallest absolute Gasteiger partial charge is 0.287 e. The molecule has 0 saturated carbocycles. The summed E-state index contributed by atoms with van der Waals surface area (Å²) in [6.45, 7) is -1.94. The van der Waals surface area contributed by atoms with Gasteiger partial charge in [-0.3, -0.25) is 9.89 Å². The molecule has 0 aliphatic carbocycles. The molecule has 0 unspecified atom stereocenters. The lowest BCUT2D eigenvalue weighted by Crippen LogP contribution is -2.21. The van der Waals surface area contributed by atoms with Gasteiger partial charge in [-0.25, -0.2) is 4.68 Å². The molecule has 0 aromatic carbocycles. The first kappa shape index (κ1) is 14.2. The molecule has 0 atom stereocenters. The fourth-order valence-electron chi connectivity index (χ4n) is 1.58. The summed E-state index contributed by atoms with van der Waals surface area (Å²) in [7, 11) is 0. The average Bonchev–Trinajstić information content (AvgIpc) is 2.80. The van der Waals surface area contributed by atoms with Crippen molar-refractivity contribution in [2.45, 2.75) is 19.6 Å². The van der Waals surface area contributed by atoms with E-state index in [0.717, 1.165) is 19.3 Å². The second-order valence-corrected chi connectivity index (χ2v) is 3.89. The van der Waals surface area contributed by atoms with E-state index in [4.69, 9.17) is 0 Å². The van der Waals surface area contributed by atoms with Crippen molar-refractivity contribution in [2.24, 2.45) is 0 Å². The highest BCUT2D eigenvalue weighted by atomic mass is 19.4. The molecule has 2 heterocycles. The zero-order chi connectivity index (χ0) is 15.1. The van der Waals surface area contributed by atoms with E-state index in [1.165, 1.54) is 0 Å². The molecule has 2 aromatic heterocycles. The van der Waals surface area contributed by atoms with Gasteiger partial charge in [-0.05, 0) is 6.92 Å². The van der Waals surface area contributed by atoms with E-state index in [9.17, 15) is 26.7 Å². The second kappa shape index (κ2) is 4.69. The molecule has 20 heavy (non-hydrogen) atoms. The molecule has 0 spiro atoms. The fraction of sp³-hybridized carbons (Fsp3) is 0.300. The van der Waals surface area contributed by atoms with Gasteiger partial charge < -0.3 is 0 Å². The van der Waals surface area contributed by atoms with E-state index < -0.39 is 35.1 Å².